The second-order valence-corrected chi connectivity index (χ2v) is 22.7. The lowest BCUT2D eigenvalue weighted by atomic mass is 9.97. The highest BCUT2D eigenvalue weighted by atomic mass is 16.7. The van der Waals surface area contributed by atoms with Crippen molar-refractivity contribution in [3.8, 4) is 0 Å². The van der Waals surface area contributed by atoms with E-state index in [9.17, 15) is 24.0 Å². The third kappa shape index (κ3) is 28.3. The van der Waals surface area contributed by atoms with Gasteiger partial charge in [0.15, 0.2) is 24.6 Å². The van der Waals surface area contributed by atoms with Gasteiger partial charge < -0.3 is 38.5 Å². The number of benzene rings is 4. The second kappa shape index (κ2) is 43.7. The summed E-state index contributed by atoms with van der Waals surface area (Å²) in [6.07, 6.45) is 28.5. The molecule has 1 N–H and O–H groups in total. The lowest BCUT2D eigenvalue weighted by Gasteiger charge is -2.44. The molecule has 0 unspecified atom stereocenters. The first-order chi connectivity index (χ1) is 41.3. The summed E-state index contributed by atoms with van der Waals surface area (Å²) in [5, 5.41) is 3.15. The van der Waals surface area contributed by atoms with Gasteiger partial charge in [-0.2, -0.15) is 0 Å². The van der Waals surface area contributed by atoms with E-state index in [1.165, 1.54) is 141 Å². The normalized spacial score (nSPS) is 17.0. The van der Waals surface area contributed by atoms with Crippen LogP contribution >= 0.6 is 0 Å². The summed E-state index contributed by atoms with van der Waals surface area (Å²) in [6.45, 7) is 4.44. The fraction of sp³-hybridized carbons (Fsp3) is 0.592. The number of hydrogen-bond donors (Lipinski definition) is 1. The third-order valence-electron chi connectivity index (χ3n) is 15.5. The molecule has 5 rings (SSSR count). The average molecular weight is 1160 g/mol. The van der Waals surface area contributed by atoms with Crippen molar-refractivity contribution in [3.63, 3.8) is 0 Å². The number of rotatable bonds is 46. The quantitative estimate of drug-likeness (QED) is 0.0254. The van der Waals surface area contributed by atoms with Crippen molar-refractivity contribution < 1.29 is 57.1 Å². The molecular weight excluding hydrogens is 1060 g/mol. The summed E-state index contributed by atoms with van der Waals surface area (Å²) >= 11 is 0. The highest BCUT2D eigenvalue weighted by Gasteiger charge is 2.54. The Morgan fingerprint density at radius 1 is 0.405 bits per heavy atom. The molecule has 4 aromatic rings. The molecule has 0 radical (unpaired) electrons. The van der Waals surface area contributed by atoms with Crippen LogP contribution < -0.4 is 5.32 Å². The Bertz CT molecular complexity index is 2350. The summed E-state index contributed by atoms with van der Waals surface area (Å²) in [5.74, 6) is -3.25. The molecular formula is C71H101NO12. The van der Waals surface area contributed by atoms with E-state index < -0.39 is 67.2 Å². The smallest absolute Gasteiger partial charge is 0.338 e. The SMILES string of the molecule is CCCCCCCCCCCCCCCCCC(=O)N[C@H](COCCCCCCCCCCCCCCCC)CO[C@@H]1O[C@H](COC(=O)c2ccccc2)[C@H](OC(=O)c2ccccc2)[C@H](OC(=O)c2ccccc2)[C@H]1OC(=O)c1ccccc1. The van der Waals surface area contributed by atoms with E-state index in [2.05, 4.69) is 19.2 Å². The summed E-state index contributed by atoms with van der Waals surface area (Å²) in [5.41, 5.74) is 0.793. The van der Waals surface area contributed by atoms with Gasteiger partial charge in [-0.25, -0.2) is 19.2 Å². The first-order valence-electron chi connectivity index (χ1n) is 32.4. The summed E-state index contributed by atoms with van der Waals surface area (Å²) in [7, 11) is 0. The Hall–Kier alpha value is -5.89. The van der Waals surface area contributed by atoms with Gasteiger partial charge in [0.2, 0.25) is 5.91 Å². The number of hydrogen-bond acceptors (Lipinski definition) is 12. The molecule has 0 bridgehead atoms. The van der Waals surface area contributed by atoms with Crippen molar-refractivity contribution in [2.24, 2.45) is 0 Å². The molecule has 6 atom stereocenters. The molecule has 0 aliphatic carbocycles. The van der Waals surface area contributed by atoms with Gasteiger partial charge in [-0.05, 0) is 61.4 Å². The van der Waals surface area contributed by atoms with E-state index >= 15 is 0 Å². The van der Waals surface area contributed by atoms with Crippen molar-refractivity contribution in [2.45, 2.75) is 243 Å². The molecule has 1 amide bonds. The van der Waals surface area contributed by atoms with Crippen molar-refractivity contribution in [1.29, 1.82) is 0 Å². The highest BCUT2D eigenvalue weighted by molar-refractivity contribution is 5.91. The van der Waals surface area contributed by atoms with E-state index in [4.69, 9.17) is 33.2 Å². The molecule has 0 saturated carbocycles. The first-order valence-corrected chi connectivity index (χ1v) is 32.4. The Balaban J connectivity index is 1.30. The Kier molecular flexibility index (Phi) is 35.8. The van der Waals surface area contributed by atoms with E-state index in [-0.39, 0.29) is 41.4 Å². The van der Waals surface area contributed by atoms with Gasteiger partial charge >= 0.3 is 23.9 Å². The van der Waals surface area contributed by atoms with Crippen molar-refractivity contribution >= 4 is 29.8 Å². The number of carbonyl (C=O) groups excluding carboxylic acids is 5. The van der Waals surface area contributed by atoms with Gasteiger partial charge in [0, 0.05) is 13.0 Å². The maximum absolute atomic E-state index is 14.2. The van der Waals surface area contributed by atoms with Crippen LogP contribution in [0.4, 0.5) is 0 Å². The van der Waals surface area contributed by atoms with Crippen LogP contribution in [0.3, 0.4) is 0 Å². The Labute approximate surface area is 503 Å². The molecule has 13 heteroatoms. The zero-order valence-electron chi connectivity index (χ0n) is 51.0. The summed E-state index contributed by atoms with van der Waals surface area (Å²) in [6, 6.07) is 32.4. The number of amides is 1. The van der Waals surface area contributed by atoms with Gasteiger partial charge in [-0.1, -0.05) is 260 Å². The lowest BCUT2D eigenvalue weighted by Crippen LogP contribution is -2.63. The summed E-state index contributed by atoms with van der Waals surface area (Å²) in [4.78, 5) is 69.8. The number of nitrogens with one attached hydrogen (secondary N) is 1. The molecule has 1 aliphatic rings. The largest absolute Gasteiger partial charge is 0.459 e. The highest BCUT2D eigenvalue weighted by Crippen LogP contribution is 2.32. The predicted molar refractivity (Wildman–Crippen MR) is 331 cm³/mol. The Morgan fingerprint density at radius 3 is 1.15 bits per heavy atom. The van der Waals surface area contributed by atoms with E-state index in [1.54, 1.807) is 121 Å². The third-order valence-corrected chi connectivity index (χ3v) is 15.5. The molecule has 0 spiro atoms. The molecule has 1 fully saturated rings. The topological polar surface area (TPSA) is 162 Å². The minimum absolute atomic E-state index is 0.117. The van der Waals surface area contributed by atoms with Crippen molar-refractivity contribution in [2.75, 3.05) is 26.4 Å². The van der Waals surface area contributed by atoms with E-state index in [0.717, 1.165) is 44.9 Å². The molecule has 1 aliphatic heterocycles. The molecule has 84 heavy (non-hydrogen) atoms. The fourth-order valence-electron chi connectivity index (χ4n) is 10.6. The fourth-order valence-corrected chi connectivity index (χ4v) is 10.6. The average Bonchev–Trinajstić information content (AvgIpc) is 2.92. The zero-order chi connectivity index (χ0) is 59.5. The number of ether oxygens (including phenoxy) is 7. The molecule has 1 saturated heterocycles. The molecule has 4 aromatic carbocycles. The van der Waals surface area contributed by atoms with Gasteiger partial charge in [0.25, 0.3) is 0 Å². The van der Waals surface area contributed by atoms with Crippen LogP contribution in [0, 0.1) is 0 Å². The molecule has 0 aromatic heterocycles. The van der Waals surface area contributed by atoms with E-state index in [0.29, 0.717) is 13.0 Å². The van der Waals surface area contributed by atoms with Crippen LogP contribution in [0.1, 0.15) is 248 Å². The van der Waals surface area contributed by atoms with Crippen LogP contribution in [0.5, 0.6) is 0 Å². The maximum atomic E-state index is 14.2. The van der Waals surface area contributed by atoms with Gasteiger partial charge in [0.1, 0.15) is 12.7 Å². The zero-order valence-corrected chi connectivity index (χ0v) is 51.0. The van der Waals surface area contributed by atoms with E-state index in [1.807, 2.05) is 0 Å². The predicted octanol–water partition coefficient (Wildman–Crippen LogP) is 16.5. The van der Waals surface area contributed by atoms with Crippen LogP contribution in [0.25, 0.3) is 0 Å². The molecule has 13 nitrogen and oxygen atoms in total. The van der Waals surface area contributed by atoms with Crippen LogP contribution in [0.2, 0.25) is 0 Å². The molecule has 1 heterocycles. The lowest BCUT2D eigenvalue weighted by molar-refractivity contribution is -0.299. The maximum Gasteiger partial charge on any atom is 0.338 e. The summed E-state index contributed by atoms with van der Waals surface area (Å²) < 4.78 is 44.1. The van der Waals surface area contributed by atoms with Gasteiger partial charge in [0.05, 0.1) is 41.5 Å². The van der Waals surface area contributed by atoms with Crippen molar-refractivity contribution in [1.82, 2.24) is 5.32 Å². The monoisotopic (exact) mass is 1160 g/mol. The standard InChI is InChI=1S/C71H101NO12/c1-3-5-7-9-11-13-15-17-19-20-22-24-26-28-42-52-63(73)72-61(54-78-53-43-29-27-25-23-21-18-16-14-12-10-8-6-4-2)55-80-71-66(84-70(77)60-50-40-33-41-51-60)65(83-69(76)59-48-38-32-39-49-59)64(82-68(75)58-46-36-31-37-47-58)62(81-71)56-79-67(74)57-44-34-30-35-45-57/h30-41,44-51,61-62,64-66,71H,3-29,42-43,52-56H2,1-2H3,(H,72,73)/t61-,62-,64+,65+,66-,71-/m1/s1. The van der Waals surface area contributed by atoms with Crippen LogP contribution in [0.15, 0.2) is 121 Å². The van der Waals surface area contributed by atoms with Gasteiger partial charge in [-0.15, -0.1) is 0 Å². The van der Waals surface area contributed by atoms with Crippen LogP contribution in [-0.2, 0) is 38.0 Å². The number of unbranched alkanes of at least 4 members (excludes halogenated alkanes) is 27. The second-order valence-electron chi connectivity index (χ2n) is 22.7. The van der Waals surface area contributed by atoms with Gasteiger partial charge in [-0.3, -0.25) is 4.79 Å². The van der Waals surface area contributed by atoms with Crippen LogP contribution in [-0.4, -0.2) is 93.0 Å². The molecule has 462 valence electrons. The Morgan fingerprint density at radius 2 is 0.750 bits per heavy atom. The minimum atomic E-state index is -1.59. The van der Waals surface area contributed by atoms with Crippen molar-refractivity contribution in [3.05, 3.63) is 144 Å². The number of carbonyl (C=O) groups is 5. The minimum Gasteiger partial charge on any atom is -0.459 e. The first kappa shape index (κ1) is 68.9. The number of esters is 4.